The number of hydrogen-bond donors (Lipinski definition) is 1. The largest absolute Gasteiger partial charge is 0.468 e. The lowest BCUT2D eigenvalue weighted by Gasteiger charge is -2.32. The highest BCUT2D eigenvalue weighted by molar-refractivity contribution is 7.99. The second-order valence-electron chi connectivity index (χ2n) is 5.80. The fourth-order valence-electron chi connectivity index (χ4n) is 2.30. The van der Waals surface area contributed by atoms with Gasteiger partial charge in [0.1, 0.15) is 5.54 Å². The molecule has 6 heteroatoms. The Labute approximate surface area is 131 Å². The standard InChI is InChI=1S/C15H25N3O2S/c1-10(2)18-15(5,13(19)20-6)7-12(4)21-14-16-8-11(3)9-17-14/h8-10,12,18H,7H2,1-6H3. The van der Waals surface area contributed by atoms with Crippen molar-refractivity contribution in [1.29, 1.82) is 0 Å². The van der Waals surface area contributed by atoms with Gasteiger partial charge in [0.15, 0.2) is 5.16 Å². The molecule has 1 rings (SSSR count). The van der Waals surface area contributed by atoms with Crippen LogP contribution in [-0.4, -0.2) is 39.9 Å². The van der Waals surface area contributed by atoms with Gasteiger partial charge in [-0.05, 0) is 39.7 Å². The summed E-state index contributed by atoms with van der Waals surface area (Å²) in [5.74, 6) is -0.242. The maximum absolute atomic E-state index is 12.1. The predicted molar refractivity (Wildman–Crippen MR) is 85.4 cm³/mol. The van der Waals surface area contributed by atoms with Gasteiger partial charge in [-0.2, -0.15) is 0 Å². The van der Waals surface area contributed by atoms with Crippen LogP contribution >= 0.6 is 11.8 Å². The molecule has 0 aliphatic heterocycles. The van der Waals surface area contributed by atoms with E-state index in [4.69, 9.17) is 4.74 Å². The zero-order valence-electron chi connectivity index (χ0n) is 13.6. The van der Waals surface area contributed by atoms with Crippen LogP contribution in [0.1, 0.15) is 39.7 Å². The van der Waals surface area contributed by atoms with Crippen molar-refractivity contribution in [3.63, 3.8) is 0 Å². The van der Waals surface area contributed by atoms with Crippen molar-refractivity contribution in [1.82, 2.24) is 15.3 Å². The minimum absolute atomic E-state index is 0.183. The SMILES string of the molecule is COC(=O)C(C)(CC(C)Sc1ncc(C)cn1)NC(C)C. The molecule has 2 atom stereocenters. The van der Waals surface area contributed by atoms with Gasteiger partial charge in [-0.1, -0.05) is 18.7 Å². The smallest absolute Gasteiger partial charge is 0.325 e. The molecule has 0 saturated heterocycles. The fraction of sp³-hybridized carbons (Fsp3) is 0.667. The number of hydrogen-bond acceptors (Lipinski definition) is 6. The summed E-state index contributed by atoms with van der Waals surface area (Å²) in [5.41, 5.74) is 0.327. The molecule has 1 aromatic heterocycles. The van der Waals surface area contributed by atoms with E-state index >= 15 is 0 Å². The van der Waals surface area contributed by atoms with E-state index < -0.39 is 5.54 Å². The highest BCUT2D eigenvalue weighted by atomic mass is 32.2. The molecule has 21 heavy (non-hydrogen) atoms. The van der Waals surface area contributed by atoms with Crippen LogP contribution in [0.15, 0.2) is 17.6 Å². The Morgan fingerprint density at radius 2 is 1.95 bits per heavy atom. The van der Waals surface area contributed by atoms with E-state index in [0.29, 0.717) is 6.42 Å². The number of esters is 1. The first-order valence-corrected chi connectivity index (χ1v) is 7.96. The zero-order chi connectivity index (χ0) is 16.0. The number of rotatable bonds is 7. The third-order valence-electron chi connectivity index (χ3n) is 3.00. The lowest BCUT2D eigenvalue weighted by atomic mass is 9.95. The van der Waals surface area contributed by atoms with Crippen molar-refractivity contribution in [2.75, 3.05) is 7.11 Å². The summed E-state index contributed by atoms with van der Waals surface area (Å²) >= 11 is 1.56. The Hall–Kier alpha value is -1.14. The topological polar surface area (TPSA) is 64.1 Å². The summed E-state index contributed by atoms with van der Waals surface area (Å²) in [4.78, 5) is 20.7. The van der Waals surface area contributed by atoms with Gasteiger partial charge in [0.2, 0.25) is 0 Å². The molecule has 118 valence electrons. The molecule has 0 amide bonds. The molecule has 0 aliphatic rings. The number of aryl methyl sites for hydroxylation is 1. The van der Waals surface area contributed by atoms with Crippen LogP contribution in [0, 0.1) is 6.92 Å². The number of nitrogens with one attached hydrogen (secondary N) is 1. The van der Waals surface area contributed by atoms with Crippen LogP contribution in [0.5, 0.6) is 0 Å². The predicted octanol–water partition coefficient (Wildman–Crippen LogP) is 2.59. The Morgan fingerprint density at radius 1 is 1.38 bits per heavy atom. The average Bonchev–Trinajstić information content (AvgIpc) is 2.39. The normalized spacial score (nSPS) is 15.6. The molecule has 0 spiro atoms. The van der Waals surface area contributed by atoms with Crippen LogP contribution in [0.4, 0.5) is 0 Å². The summed E-state index contributed by atoms with van der Waals surface area (Å²) in [5, 5.41) is 4.21. The van der Waals surface area contributed by atoms with Crippen LogP contribution in [0.3, 0.4) is 0 Å². The zero-order valence-corrected chi connectivity index (χ0v) is 14.5. The monoisotopic (exact) mass is 311 g/mol. The van der Waals surface area contributed by atoms with E-state index in [9.17, 15) is 4.79 Å². The van der Waals surface area contributed by atoms with Crippen LogP contribution in [0.2, 0.25) is 0 Å². The molecule has 5 nitrogen and oxygen atoms in total. The Balaban J connectivity index is 2.73. The number of carbonyl (C=O) groups excluding carboxylic acids is 1. The van der Waals surface area contributed by atoms with E-state index in [1.54, 1.807) is 24.2 Å². The van der Waals surface area contributed by atoms with Crippen LogP contribution in [0.25, 0.3) is 0 Å². The van der Waals surface area contributed by atoms with Gasteiger partial charge < -0.3 is 4.74 Å². The first kappa shape index (κ1) is 17.9. The van der Waals surface area contributed by atoms with Crippen molar-refractivity contribution in [2.24, 2.45) is 0 Å². The molecule has 1 aromatic rings. The van der Waals surface area contributed by atoms with Crippen LogP contribution in [-0.2, 0) is 9.53 Å². The Bertz CT molecular complexity index is 464. The molecular weight excluding hydrogens is 286 g/mol. The van der Waals surface area contributed by atoms with Gasteiger partial charge >= 0.3 is 5.97 Å². The quantitative estimate of drug-likeness (QED) is 0.474. The van der Waals surface area contributed by atoms with E-state index in [0.717, 1.165) is 10.7 Å². The van der Waals surface area contributed by atoms with Gasteiger partial charge in [-0.3, -0.25) is 10.1 Å². The molecule has 0 aromatic carbocycles. The minimum Gasteiger partial charge on any atom is -0.468 e. The Morgan fingerprint density at radius 3 is 2.43 bits per heavy atom. The summed E-state index contributed by atoms with van der Waals surface area (Å²) in [6.07, 6.45) is 4.24. The first-order valence-electron chi connectivity index (χ1n) is 7.08. The number of ether oxygens (including phenoxy) is 1. The van der Waals surface area contributed by atoms with Gasteiger partial charge in [0.25, 0.3) is 0 Å². The summed E-state index contributed by atoms with van der Waals surface area (Å²) in [7, 11) is 1.42. The first-order chi connectivity index (χ1) is 9.76. The number of thioether (sulfide) groups is 1. The molecule has 0 bridgehead atoms. The number of carbonyl (C=O) groups is 1. The molecule has 0 radical (unpaired) electrons. The molecular formula is C15H25N3O2S. The average molecular weight is 311 g/mol. The lowest BCUT2D eigenvalue weighted by molar-refractivity contribution is -0.148. The third-order valence-corrected chi connectivity index (χ3v) is 3.99. The number of methoxy groups -OCH3 is 1. The van der Waals surface area contributed by atoms with Crippen molar-refractivity contribution >= 4 is 17.7 Å². The molecule has 1 N–H and O–H groups in total. The lowest BCUT2D eigenvalue weighted by Crippen LogP contribution is -2.54. The maximum atomic E-state index is 12.1. The van der Waals surface area contributed by atoms with Gasteiger partial charge in [0.05, 0.1) is 7.11 Å². The second kappa shape index (κ2) is 7.75. The molecule has 0 aliphatic carbocycles. The summed E-state index contributed by atoms with van der Waals surface area (Å²) in [6.45, 7) is 9.94. The minimum atomic E-state index is -0.708. The fourth-order valence-corrected chi connectivity index (χ4v) is 3.31. The maximum Gasteiger partial charge on any atom is 0.325 e. The van der Waals surface area contributed by atoms with E-state index in [1.165, 1.54) is 7.11 Å². The second-order valence-corrected chi connectivity index (χ2v) is 7.20. The highest BCUT2D eigenvalue weighted by Gasteiger charge is 2.36. The number of aromatic nitrogens is 2. The molecule has 2 unspecified atom stereocenters. The summed E-state index contributed by atoms with van der Waals surface area (Å²) < 4.78 is 4.94. The Kier molecular flexibility index (Phi) is 6.61. The van der Waals surface area contributed by atoms with Crippen molar-refractivity contribution in [3.05, 3.63) is 18.0 Å². The van der Waals surface area contributed by atoms with Crippen molar-refractivity contribution in [3.8, 4) is 0 Å². The van der Waals surface area contributed by atoms with Gasteiger partial charge in [-0.15, -0.1) is 0 Å². The van der Waals surface area contributed by atoms with Crippen molar-refractivity contribution in [2.45, 2.75) is 63.0 Å². The van der Waals surface area contributed by atoms with E-state index in [1.807, 2.05) is 27.7 Å². The van der Waals surface area contributed by atoms with Crippen molar-refractivity contribution < 1.29 is 9.53 Å². The molecule has 0 saturated carbocycles. The molecule has 1 heterocycles. The van der Waals surface area contributed by atoms with Gasteiger partial charge in [-0.25, -0.2) is 9.97 Å². The van der Waals surface area contributed by atoms with E-state index in [2.05, 4.69) is 22.2 Å². The highest BCUT2D eigenvalue weighted by Crippen LogP contribution is 2.27. The third kappa shape index (κ3) is 5.63. The van der Waals surface area contributed by atoms with E-state index in [-0.39, 0.29) is 17.3 Å². The summed E-state index contributed by atoms with van der Waals surface area (Å²) in [6, 6.07) is 0.196. The number of nitrogens with zero attached hydrogens (tertiary/aromatic N) is 2. The van der Waals surface area contributed by atoms with Gasteiger partial charge in [0, 0.05) is 23.7 Å². The molecule has 0 fully saturated rings. The van der Waals surface area contributed by atoms with Crippen LogP contribution < -0.4 is 5.32 Å².